The molecule has 0 aliphatic heterocycles. The van der Waals surface area contributed by atoms with Gasteiger partial charge in [0.25, 0.3) is 0 Å². The molecule has 0 fully saturated rings. The normalized spacial score (nSPS) is 8.68. The SMILES string of the molecule is C=CC(=O)[O-].CCCCCCCCCCC(=O)[O-].[Zn+2]. The number of carbonyl (C=O) groups is 2. The summed E-state index contributed by atoms with van der Waals surface area (Å²) in [5.41, 5.74) is 0. The van der Waals surface area contributed by atoms with E-state index in [1.807, 2.05) is 0 Å². The summed E-state index contributed by atoms with van der Waals surface area (Å²) in [6.45, 7) is 5.11. The predicted octanol–water partition coefficient (Wildman–Crippen LogP) is 1.19. The topological polar surface area (TPSA) is 80.3 Å². The average molecular weight is 322 g/mol. The molecule has 19 heavy (non-hydrogen) atoms. The first-order valence-corrected chi connectivity index (χ1v) is 6.57. The minimum absolute atomic E-state index is 0. The molecule has 0 amide bonds. The van der Waals surface area contributed by atoms with Gasteiger partial charge in [-0.05, 0) is 18.9 Å². The molecule has 0 aromatic heterocycles. The van der Waals surface area contributed by atoms with Crippen LogP contribution in [0.15, 0.2) is 12.7 Å². The Balaban J connectivity index is -0.000000366. The number of aliphatic carboxylic acids is 2. The zero-order valence-electron chi connectivity index (χ0n) is 12.0. The molecule has 0 aromatic carbocycles. The minimum atomic E-state index is -1.23. The molecule has 0 rings (SSSR count). The summed E-state index contributed by atoms with van der Waals surface area (Å²) in [5, 5.41) is 19.2. The average Bonchev–Trinajstić information content (AvgIpc) is 2.33. The smallest absolute Gasteiger partial charge is 0.550 e. The number of carbonyl (C=O) groups excluding carboxylic acids is 2. The monoisotopic (exact) mass is 320 g/mol. The van der Waals surface area contributed by atoms with E-state index in [-0.39, 0.29) is 25.9 Å². The molecule has 4 nitrogen and oxygen atoms in total. The largest absolute Gasteiger partial charge is 2.00 e. The van der Waals surface area contributed by atoms with Crippen LogP contribution in [0.3, 0.4) is 0 Å². The fourth-order valence-corrected chi connectivity index (χ4v) is 1.40. The molecule has 0 aliphatic rings. The van der Waals surface area contributed by atoms with E-state index in [4.69, 9.17) is 9.90 Å². The quantitative estimate of drug-likeness (QED) is 0.344. The van der Waals surface area contributed by atoms with Gasteiger partial charge in [-0.3, -0.25) is 0 Å². The van der Waals surface area contributed by atoms with Crippen LogP contribution in [-0.2, 0) is 29.1 Å². The van der Waals surface area contributed by atoms with Crippen molar-refractivity contribution >= 4 is 11.9 Å². The molecule has 0 aliphatic carbocycles. The number of carboxylic acid groups (broad SMARTS) is 2. The second-order valence-electron chi connectivity index (χ2n) is 4.12. The second-order valence-corrected chi connectivity index (χ2v) is 4.12. The van der Waals surface area contributed by atoms with Crippen LogP contribution in [0.4, 0.5) is 0 Å². The van der Waals surface area contributed by atoms with Gasteiger partial charge >= 0.3 is 19.5 Å². The van der Waals surface area contributed by atoms with Crippen molar-refractivity contribution in [2.75, 3.05) is 0 Å². The molecule has 0 radical (unpaired) electrons. The van der Waals surface area contributed by atoms with Crippen LogP contribution in [0.1, 0.15) is 64.7 Å². The molecule has 0 aromatic rings. The van der Waals surface area contributed by atoms with Gasteiger partial charge in [0.2, 0.25) is 0 Å². The Kier molecular flexibility index (Phi) is 24.2. The number of carboxylic acids is 2. The van der Waals surface area contributed by atoms with Crippen molar-refractivity contribution in [2.24, 2.45) is 0 Å². The number of unbranched alkanes of at least 4 members (excludes halogenated alkanes) is 7. The van der Waals surface area contributed by atoms with Crippen LogP contribution in [0.25, 0.3) is 0 Å². The van der Waals surface area contributed by atoms with Crippen molar-refractivity contribution in [1.82, 2.24) is 0 Å². The van der Waals surface area contributed by atoms with Gasteiger partial charge < -0.3 is 19.8 Å². The Labute approximate surface area is 129 Å². The van der Waals surface area contributed by atoms with Crippen molar-refractivity contribution < 1.29 is 39.3 Å². The molecule has 0 spiro atoms. The summed E-state index contributed by atoms with van der Waals surface area (Å²) in [4.78, 5) is 19.2. The Morgan fingerprint density at radius 3 is 1.63 bits per heavy atom. The van der Waals surface area contributed by atoms with Crippen LogP contribution in [-0.4, -0.2) is 11.9 Å². The molecule has 106 valence electrons. The Morgan fingerprint density at radius 1 is 0.947 bits per heavy atom. The van der Waals surface area contributed by atoms with Crippen LogP contribution >= 0.6 is 0 Å². The van der Waals surface area contributed by atoms with Gasteiger partial charge in [-0.1, -0.05) is 58.4 Å². The molecular formula is C14H24O4Zn. The maximum Gasteiger partial charge on any atom is 2.00 e. The van der Waals surface area contributed by atoms with Gasteiger partial charge in [0, 0.05) is 5.97 Å². The fraction of sp³-hybridized carbons (Fsp3) is 0.714. The summed E-state index contributed by atoms with van der Waals surface area (Å²) in [6, 6.07) is 0. The van der Waals surface area contributed by atoms with E-state index in [0.717, 1.165) is 18.9 Å². The van der Waals surface area contributed by atoms with Crippen molar-refractivity contribution in [1.29, 1.82) is 0 Å². The first-order valence-electron chi connectivity index (χ1n) is 6.57. The molecule has 5 heteroatoms. The van der Waals surface area contributed by atoms with Crippen molar-refractivity contribution in [3.05, 3.63) is 12.7 Å². The molecule has 0 N–H and O–H groups in total. The van der Waals surface area contributed by atoms with Crippen LogP contribution in [0.2, 0.25) is 0 Å². The van der Waals surface area contributed by atoms with Gasteiger partial charge in [-0.25, -0.2) is 0 Å². The van der Waals surface area contributed by atoms with Gasteiger partial charge in [-0.2, -0.15) is 0 Å². The van der Waals surface area contributed by atoms with Gasteiger partial charge in [0.1, 0.15) is 0 Å². The van der Waals surface area contributed by atoms with Gasteiger partial charge in [0.05, 0.1) is 5.97 Å². The number of rotatable bonds is 10. The van der Waals surface area contributed by atoms with Gasteiger partial charge in [0.15, 0.2) is 0 Å². The third kappa shape index (κ3) is 31.7. The molecular weight excluding hydrogens is 298 g/mol. The predicted molar refractivity (Wildman–Crippen MR) is 67.4 cm³/mol. The van der Waals surface area contributed by atoms with Crippen molar-refractivity contribution in [2.45, 2.75) is 64.7 Å². The minimum Gasteiger partial charge on any atom is -0.550 e. The van der Waals surface area contributed by atoms with Gasteiger partial charge in [-0.15, -0.1) is 0 Å². The molecule has 0 unspecified atom stereocenters. The first-order chi connectivity index (χ1) is 8.54. The third-order valence-electron chi connectivity index (χ3n) is 2.40. The third-order valence-corrected chi connectivity index (χ3v) is 2.40. The Hall–Kier alpha value is -0.697. The molecule has 0 atom stereocenters. The van der Waals surface area contributed by atoms with Crippen LogP contribution in [0, 0.1) is 0 Å². The van der Waals surface area contributed by atoms with E-state index >= 15 is 0 Å². The van der Waals surface area contributed by atoms with E-state index in [9.17, 15) is 9.90 Å². The van der Waals surface area contributed by atoms with E-state index in [1.54, 1.807) is 0 Å². The van der Waals surface area contributed by atoms with Crippen LogP contribution < -0.4 is 10.2 Å². The summed E-state index contributed by atoms with van der Waals surface area (Å²) < 4.78 is 0. The second kappa shape index (κ2) is 19.6. The number of hydrogen-bond donors (Lipinski definition) is 0. The first kappa shape index (κ1) is 23.4. The zero-order chi connectivity index (χ0) is 14.2. The summed E-state index contributed by atoms with van der Waals surface area (Å²) >= 11 is 0. The zero-order valence-corrected chi connectivity index (χ0v) is 15.0. The van der Waals surface area contributed by atoms with Crippen molar-refractivity contribution in [3.8, 4) is 0 Å². The molecule has 0 bridgehead atoms. The summed E-state index contributed by atoms with van der Waals surface area (Å²) in [5.74, 6) is -2.14. The molecule has 0 saturated heterocycles. The maximum absolute atomic E-state index is 10.1. The van der Waals surface area contributed by atoms with E-state index < -0.39 is 11.9 Å². The standard InChI is InChI=1S/C11H22O2.C3H4O2.Zn/c1-2-3-4-5-6-7-8-9-10-11(12)13;1-2-3(4)5;/h2-10H2,1H3,(H,12,13);2H,1H2,(H,4,5);/q;;+2/p-2. The van der Waals surface area contributed by atoms with Crippen molar-refractivity contribution in [3.63, 3.8) is 0 Å². The van der Waals surface area contributed by atoms with E-state index in [2.05, 4.69) is 13.5 Å². The number of hydrogen-bond acceptors (Lipinski definition) is 4. The maximum atomic E-state index is 10.1. The molecule has 0 saturated carbocycles. The summed E-state index contributed by atoms with van der Waals surface area (Å²) in [6.07, 6.45) is 10.5. The summed E-state index contributed by atoms with van der Waals surface area (Å²) in [7, 11) is 0. The Bertz CT molecular complexity index is 229. The van der Waals surface area contributed by atoms with Crippen LogP contribution in [0.5, 0.6) is 0 Å². The van der Waals surface area contributed by atoms with E-state index in [1.165, 1.54) is 38.5 Å². The fourth-order valence-electron chi connectivity index (χ4n) is 1.40. The molecule has 0 heterocycles. The van der Waals surface area contributed by atoms with E-state index in [0.29, 0.717) is 0 Å². The Morgan fingerprint density at radius 2 is 1.32 bits per heavy atom.